The maximum atomic E-state index is 12.6. The molecule has 3 rings (SSSR count). The van der Waals surface area contributed by atoms with E-state index in [2.05, 4.69) is 15.5 Å². The van der Waals surface area contributed by atoms with Gasteiger partial charge in [-0.3, -0.25) is 4.79 Å². The number of aryl methyl sites for hydroxylation is 1. The average molecular weight is 376 g/mol. The molecule has 2 atom stereocenters. The van der Waals surface area contributed by atoms with Crippen LogP contribution in [0.4, 0.5) is 0 Å². The zero-order chi connectivity index (χ0) is 18.5. The Balaban J connectivity index is 1.59. The molecule has 26 heavy (non-hydrogen) atoms. The average Bonchev–Trinajstić information content (AvgIpc) is 2.61. The van der Waals surface area contributed by atoms with E-state index in [0.29, 0.717) is 18.7 Å². The van der Waals surface area contributed by atoms with E-state index in [0.717, 1.165) is 42.9 Å². The number of benzene rings is 1. The maximum absolute atomic E-state index is 12.6. The number of piperidine rings is 2. The highest BCUT2D eigenvalue weighted by molar-refractivity contribution is 7.80. The lowest BCUT2D eigenvalue weighted by molar-refractivity contribution is 0.0737. The summed E-state index contributed by atoms with van der Waals surface area (Å²) in [7, 11) is 1.70. The Hall–Kier alpha value is -1.66. The van der Waals surface area contributed by atoms with Crippen LogP contribution in [-0.2, 0) is 4.74 Å². The van der Waals surface area contributed by atoms with Crippen molar-refractivity contribution < 1.29 is 9.53 Å². The molecule has 2 saturated heterocycles. The van der Waals surface area contributed by atoms with E-state index >= 15 is 0 Å². The molecule has 2 bridgehead atoms. The first kappa shape index (κ1) is 19.1. The lowest BCUT2D eigenvalue weighted by Crippen LogP contribution is -2.61. The van der Waals surface area contributed by atoms with Crippen LogP contribution >= 0.6 is 12.2 Å². The molecule has 142 valence electrons. The first-order valence-corrected chi connectivity index (χ1v) is 9.92. The molecule has 1 aromatic carbocycles. The minimum atomic E-state index is 0.0299. The number of nitrogens with one attached hydrogen (secondary N) is 2. The van der Waals surface area contributed by atoms with Crippen molar-refractivity contribution in [2.45, 2.75) is 57.2 Å². The summed E-state index contributed by atoms with van der Waals surface area (Å²) >= 11 is 5.63. The van der Waals surface area contributed by atoms with Gasteiger partial charge < -0.3 is 20.3 Å². The highest BCUT2D eigenvalue weighted by Crippen LogP contribution is 2.34. The van der Waals surface area contributed by atoms with Gasteiger partial charge in [0, 0.05) is 37.3 Å². The molecule has 0 aliphatic carbocycles. The van der Waals surface area contributed by atoms with E-state index in [4.69, 9.17) is 17.0 Å². The van der Waals surface area contributed by atoms with Crippen LogP contribution in [0.3, 0.4) is 0 Å². The van der Waals surface area contributed by atoms with Gasteiger partial charge in [-0.2, -0.15) is 0 Å². The number of carbonyl (C=O) groups excluding carboxylic acids is 1. The summed E-state index contributed by atoms with van der Waals surface area (Å²) in [5, 5.41) is 7.39. The number of amides is 1. The van der Waals surface area contributed by atoms with Crippen LogP contribution in [0, 0.1) is 6.92 Å². The minimum absolute atomic E-state index is 0.0299. The number of nitrogens with zero attached hydrogens (tertiary/aromatic N) is 1. The van der Waals surface area contributed by atoms with Crippen LogP contribution in [0.2, 0.25) is 0 Å². The lowest BCUT2D eigenvalue weighted by atomic mass is 9.82. The first-order chi connectivity index (χ1) is 12.6. The second-order valence-electron chi connectivity index (χ2n) is 7.38. The molecule has 0 spiro atoms. The number of fused-ring (bicyclic) bond motifs is 2. The van der Waals surface area contributed by atoms with Crippen molar-refractivity contribution >= 4 is 23.2 Å². The normalized spacial score (nSPS) is 24.8. The Morgan fingerprint density at radius 1 is 1.23 bits per heavy atom. The monoisotopic (exact) mass is 375 g/mol. The summed E-state index contributed by atoms with van der Waals surface area (Å²) in [5.74, 6) is 0.0299. The minimum Gasteiger partial charge on any atom is -0.383 e. The highest BCUT2D eigenvalue weighted by atomic mass is 32.1. The van der Waals surface area contributed by atoms with Gasteiger partial charge in [-0.1, -0.05) is 17.7 Å². The molecule has 1 amide bonds. The number of ether oxygens (including phenoxy) is 1. The molecule has 0 saturated carbocycles. The summed E-state index contributed by atoms with van der Waals surface area (Å²) in [6.45, 7) is 3.42. The van der Waals surface area contributed by atoms with Crippen LogP contribution < -0.4 is 10.6 Å². The largest absolute Gasteiger partial charge is 0.383 e. The zero-order valence-electron chi connectivity index (χ0n) is 15.7. The summed E-state index contributed by atoms with van der Waals surface area (Å²) in [4.78, 5) is 14.9. The van der Waals surface area contributed by atoms with Gasteiger partial charge in [0.1, 0.15) is 0 Å². The van der Waals surface area contributed by atoms with Crippen LogP contribution in [0.15, 0.2) is 24.3 Å². The Morgan fingerprint density at radius 3 is 2.50 bits per heavy atom. The summed E-state index contributed by atoms with van der Waals surface area (Å²) in [6, 6.07) is 8.80. The fraction of sp³-hybridized carbons (Fsp3) is 0.600. The van der Waals surface area contributed by atoms with Crippen molar-refractivity contribution in [2.24, 2.45) is 0 Å². The molecule has 2 aliphatic rings. The van der Waals surface area contributed by atoms with Gasteiger partial charge >= 0.3 is 0 Å². The van der Waals surface area contributed by atoms with E-state index in [-0.39, 0.29) is 11.9 Å². The van der Waals surface area contributed by atoms with Crippen LogP contribution in [0.25, 0.3) is 0 Å². The molecule has 2 aliphatic heterocycles. The molecule has 0 unspecified atom stereocenters. The molecule has 2 N–H and O–H groups in total. The van der Waals surface area contributed by atoms with E-state index in [9.17, 15) is 4.79 Å². The van der Waals surface area contributed by atoms with Gasteiger partial charge in [-0.15, -0.1) is 0 Å². The molecule has 6 heteroatoms. The first-order valence-electron chi connectivity index (χ1n) is 9.51. The predicted octanol–water partition coefficient (Wildman–Crippen LogP) is 2.63. The SMILES string of the molecule is COCCNC(=S)N1[C@@H]2CCC[C@@H]1CC(NC(=O)c1ccc(C)cc1)C2. The number of carbonyl (C=O) groups is 1. The number of hydrogen-bond donors (Lipinski definition) is 2. The third-order valence-electron chi connectivity index (χ3n) is 5.44. The molecular weight excluding hydrogens is 346 g/mol. The van der Waals surface area contributed by atoms with Crippen molar-refractivity contribution in [1.82, 2.24) is 15.5 Å². The second kappa shape index (κ2) is 8.82. The molecule has 2 heterocycles. The molecule has 0 radical (unpaired) electrons. The van der Waals surface area contributed by atoms with Crippen molar-refractivity contribution in [1.29, 1.82) is 0 Å². The maximum Gasteiger partial charge on any atom is 0.251 e. The van der Waals surface area contributed by atoms with Gasteiger partial charge in [-0.25, -0.2) is 0 Å². The Morgan fingerprint density at radius 2 is 1.88 bits per heavy atom. The predicted molar refractivity (Wildman–Crippen MR) is 107 cm³/mol. The summed E-state index contributed by atoms with van der Waals surface area (Å²) < 4.78 is 5.10. The standard InChI is InChI=1S/C20H29N3O2S/c1-14-6-8-15(9-7-14)19(24)22-16-12-17-4-3-5-18(13-16)23(17)20(26)21-10-11-25-2/h6-9,16-18H,3-5,10-13H2,1-2H3,(H,21,26)(H,22,24)/t17-,18-/m1/s1. The van der Waals surface area contributed by atoms with Crippen molar-refractivity contribution in [2.75, 3.05) is 20.3 Å². The molecule has 0 aromatic heterocycles. The smallest absolute Gasteiger partial charge is 0.251 e. The Kier molecular flexibility index (Phi) is 6.48. The van der Waals surface area contributed by atoms with Gasteiger partial charge in [0.2, 0.25) is 0 Å². The fourth-order valence-corrected chi connectivity index (χ4v) is 4.56. The van der Waals surface area contributed by atoms with Gasteiger partial charge in [-0.05, 0) is 63.4 Å². The van der Waals surface area contributed by atoms with E-state index in [1.165, 1.54) is 12.0 Å². The number of rotatable bonds is 5. The third-order valence-corrected chi connectivity index (χ3v) is 5.80. The van der Waals surface area contributed by atoms with Crippen molar-refractivity contribution in [3.8, 4) is 0 Å². The van der Waals surface area contributed by atoms with Gasteiger partial charge in [0.25, 0.3) is 5.91 Å². The van der Waals surface area contributed by atoms with Gasteiger partial charge in [0.15, 0.2) is 5.11 Å². The topological polar surface area (TPSA) is 53.6 Å². The highest BCUT2D eigenvalue weighted by Gasteiger charge is 2.39. The summed E-state index contributed by atoms with van der Waals surface area (Å²) in [5.41, 5.74) is 1.90. The zero-order valence-corrected chi connectivity index (χ0v) is 16.5. The number of hydrogen-bond acceptors (Lipinski definition) is 3. The molecule has 2 fully saturated rings. The lowest BCUT2D eigenvalue weighted by Gasteiger charge is -2.50. The summed E-state index contributed by atoms with van der Waals surface area (Å²) in [6.07, 6.45) is 5.44. The van der Waals surface area contributed by atoms with E-state index in [1.54, 1.807) is 7.11 Å². The fourth-order valence-electron chi connectivity index (χ4n) is 4.16. The van der Waals surface area contributed by atoms with Gasteiger partial charge in [0.05, 0.1) is 6.61 Å². The third kappa shape index (κ3) is 4.54. The van der Waals surface area contributed by atoms with E-state index in [1.807, 2.05) is 31.2 Å². The number of thiocarbonyl (C=S) groups is 1. The Bertz CT molecular complexity index is 620. The van der Waals surface area contributed by atoms with Crippen LogP contribution in [-0.4, -0.2) is 54.3 Å². The van der Waals surface area contributed by atoms with Crippen molar-refractivity contribution in [3.63, 3.8) is 0 Å². The van der Waals surface area contributed by atoms with Crippen LogP contribution in [0.1, 0.15) is 48.0 Å². The quantitative estimate of drug-likeness (QED) is 0.612. The van der Waals surface area contributed by atoms with Crippen molar-refractivity contribution in [3.05, 3.63) is 35.4 Å². The Labute approximate surface area is 161 Å². The van der Waals surface area contributed by atoms with Crippen LogP contribution in [0.5, 0.6) is 0 Å². The number of methoxy groups -OCH3 is 1. The van der Waals surface area contributed by atoms with E-state index < -0.39 is 0 Å². The second-order valence-corrected chi connectivity index (χ2v) is 7.77. The molecular formula is C20H29N3O2S. The molecule has 1 aromatic rings. The molecule has 5 nitrogen and oxygen atoms in total.